The summed E-state index contributed by atoms with van der Waals surface area (Å²) in [7, 11) is 3.32. The van der Waals surface area contributed by atoms with E-state index in [1.807, 2.05) is 18.2 Å². The molecule has 1 heterocycles. The molecule has 2 atom stereocenters. The lowest BCUT2D eigenvalue weighted by Gasteiger charge is -2.31. The van der Waals surface area contributed by atoms with Crippen molar-refractivity contribution in [2.45, 2.75) is 25.6 Å². The Morgan fingerprint density at radius 2 is 1.83 bits per heavy atom. The van der Waals surface area contributed by atoms with Crippen LogP contribution in [0.3, 0.4) is 0 Å². The van der Waals surface area contributed by atoms with Crippen molar-refractivity contribution in [3.8, 4) is 11.5 Å². The van der Waals surface area contributed by atoms with Gasteiger partial charge in [-0.25, -0.2) is 0 Å². The molecule has 0 spiro atoms. The van der Waals surface area contributed by atoms with Gasteiger partial charge >= 0.3 is 0 Å². The average molecular weight is 251 g/mol. The Bertz CT molecular complexity index is 372. The molecule has 0 aromatic heterocycles. The predicted molar refractivity (Wildman–Crippen MR) is 70.3 cm³/mol. The lowest BCUT2D eigenvalue weighted by Crippen LogP contribution is -2.40. The number of methoxy groups -OCH3 is 2. The van der Waals surface area contributed by atoms with E-state index in [4.69, 9.17) is 14.2 Å². The highest BCUT2D eigenvalue weighted by atomic mass is 16.5. The van der Waals surface area contributed by atoms with Crippen LogP contribution in [-0.2, 0) is 4.74 Å². The average Bonchev–Trinajstić information content (AvgIpc) is 2.46. The Kier molecular flexibility index (Phi) is 4.44. The van der Waals surface area contributed by atoms with E-state index in [1.54, 1.807) is 14.2 Å². The van der Waals surface area contributed by atoms with Crippen molar-refractivity contribution >= 4 is 0 Å². The molecule has 0 bridgehead atoms. The molecule has 0 radical (unpaired) electrons. The Labute approximate surface area is 108 Å². The van der Waals surface area contributed by atoms with Crippen molar-refractivity contribution in [1.82, 2.24) is 5.32 Å². The summed E-state index contributed by atoms with van der Waals surface area (Å²) >= 11 is 0. The summed E-state index contributed by atoms with van der Waals surface area (Å²) in [6, 6.07) is 5.89. The van der Waals surface area contributed by atoms with Gasteiger partial charge in [0.25, 0.3) is 0 Å². The maximum atomic E-state index is 6.05. The minimum atomic E-state index is 0.0627. The van der Waals surface area contributed by atoms with Gasteiger partial charge in [0.05, 0.1) is 26.4 Å². The van der Waals surface area contributed by atoms with Gasteiger partial charge in [-0.2, -0.15) is 0 Å². The molecule has 0 amide bonds. The highest BCUT2D eigenvalue weighted by Crippen LogP contribution is 2.30. The van der Waals surface area contributed by atoms with Crippen molar-refractivity contribution in [1.29, 1.82) is 0 Å². The maximum absolute atomic E-state index is 6.05. The van der Waals surface area contributed by atoms with Crippen molar-refractivity contribution < 1.29 is 14.2 Å². The van der Waals surface area contributed by atoms with Crippen molar-refractivity contribution in [3.05, 3.63) is 23.8 Å². The van der Waals surface area contributed by atoms with Crippen molar-refractivity contribution in [2.75, 3.05) is 27.3 Å². The van der Waals surface area contributed by atoms with Crippen LogP contribution in [0.1, 0.15) is 25.0 Å². The first-order chi connectivity index (χ1) is 8.76. The van der Waals surface area contributed by atoms with Crippen molar-refractivity contribution in [3.63, 3.8) is 0 Å². The van der Waals surface area contributed by atoms with E-state index in [2.05, 4.69) is 12.2 Å². The number of rotatable bonds is 4. The van der Waals surface area contributed by atoms with Crippen LogP contribution in [0.2, 0.25) is 0 Å². The molecule has 1 aliphatic rings. The number of hydrogen-bond donors (Lipinski definition) is 1. The molecule has 1 aromatic rings. The van der Waals surface area contributed by atoms with Gasteiger partial charge in [-0.1, -0.05) is 6.92 Å². The molecule has 1 saturated heterocycles. The molecule has 4 nitrogen and oxygen atoms in total. The third kappa shape index (κ3) is 2.94. The number of hydrogen-bond acceptors (Lipinski definition) is 4. The molecule has 0 saturated carbocycles. The van der Waals surface area contributed by atoms with Gasteiger partial charge in [0.2, 0.25) is 0 Å². The molecule has 2 rings (SSSR count). The van der Waals surface area contributed by atoms with Crippen molar-refractivity contribution in [2.24, 2.45) is 0 Å². The second-order valence-corrected chi connectivity index (χ2v) is 4.46. The number of nitrogens with one attached hydrogen (secondary N) is 1. The molecule has 2 unspecified atom stereocenters. The molecule has 4 heteroatoms. The Balaban J connectivity index is 2.20. The third-order valence-corrected chi connectivity index (χ3v) is 3.26. The minimum Gasteiger partial charge on any atom is -0.497 e. The molecule has 18 heavy (non-hydrogen) atoms. The predicted octanol–water partition coefficient (Wildman–Crippen LogP) is 2.14. The Hall–Kier alpha value is -1.26. The summed E-state index contributed by atoms with van der Waals surface area (Å²) in [5.74, 6) is 1.60. The van der Waals surface area contributed by atoms with E-state index in [0.717, 1.165) is 36.6 Å². The first-order valence-electron chi connectivity index (χ1n) is 6.36. The first kappa shape index (κ1) is 13.2. The van der Waals surface area contributed by atoms with Crippen LogP contribution < -0.4 is 14.8 Å². The monoisotopic (exact) mass is 251 g/mol. The second kappa shape index (κ2) is 6.07. The van der Waals surface area contributed by atoms with Gasteiger partial charge in [-0.15, -0.1) is 0 Å². The lowest BCUT2D eigenvalue weighted by molar-refractivity contribution is -0.0401. The van der Waals surface area contributed by atoms with Crippen LogP contribution in [0.15, 0.2) is 18.2 Å². The zero-order valence-electron chi connectivity index (χ0n) is 11.2. The van der Waals surface area contributed by atoms with Crippen LogP contribution in [0.5, 0.6) is 11.5 Å². The summed E-state index contributed by atoms with van der Waals surface area (Å²) in [6.07, 6.45) is 1.36. The Morgan fingerprint density at radius 3 is 2.39 bits per heavy atom. The molecule has 1 N–H and O–H groups in total. The van der Waals surface area contributed by atoms with Crippen LogP contribution in [-0.4, -0.2) is 33.4 Å². The highest BCUT2D eigenvalue weighted by molar-refractivity contribution is 5.39. The van der Waals surface area contributed by atoms with Gasteiger partial charge in [-0.3, -0.25) is 0 Å². The Morgan fingerprint density at radius 1 is 1.17 bits per heavy atom. The summed E-state index contributed by atoms with van der Waals surface area (Å²) in [5, 5.41) is 3.40. The van der Waals surface area contributed by atoms with E-state index >= 15 is 0 Å². The first-order valence-corrected chi connectivity index (χ1v) is 6.36. The number of benzene rings is 1. The van der Waals surface area contributed by atoms with E-state index in [1.165, 1.54) is 0 Å². The number of morpholine rings is 1. The maximum Gasteiger partial charge on any atom is 0.122 e. The smallest absolute Gasteiger partial charge is 0.122 e. The van der Waals surface area contributed by atoms with E-state index in [9.17, 15) is 0 Å². The van der Waals surface area contributed by atoms with Gasteiger partial charge in [0, 0.05) is 19.2 Å². The van der Waals surface area contributed by atoms with Crippen LogP contribution in [0, 0.1) is 0 Å². The summed E-state index contributed by atoms with van der Waals surface area (Å²) in [5.41, 5.74) is 1.09. The second-order valence-electron chi connectivity index (χ2n) is 4.46. The van der Waals surface area contributed by atoms with Gasteiger partial charge in [0.15, 0.2) is 0 Å². The quantitative estimate of drug-likeness (QED) is 0.890. The van der Waals surface area contributed by atoms with Crippen LogP contribution in [0.25, 0.3) is 0 Å². The topological polar surface area (TPSA) is 39.7 Å². The fourth-order valence-corrected chi connectivity index (χ4v) is 2.16. The van der Waals surface area contributed by atoms with Crippen LogP contribution >= 0.6 is 0 Å². The molecule has 1 aliphatic heterocycles. The zero-order valence-corrected chi connectivity index (χ0v) is 11.2. The molecule has 100 valence electrons. The molecule has 0 aliphatic carbocycles. The molecular weight excluding hydrogens is 230 g/mol. The lowest BCUT2D eigenvalue weighted by atomic mass is 10.1. The molecule has 1 aromatic carbocycles. The standard InChI is InChI=1S/C14H21NO3/c1-4-11-8-15-9-14(18-11)10-5-12(16-2)7-13(6-10)17-3/h5-7,11,14-15H,4,8-9H2,1-3H3. The SMILES string of the molecule is CCC1CNCC(c2cc(OC)cc(OC)c2)O1. The minimum absolute atomic E-state index is 0.0627. The van der Waals surface area contributed by atoms with Gasteiger partial charge in [0.1, 0.15) is 11.5 Å². The normalized spacial score (nSPS) is 23.7. The third-order valence-electron chi connectivity index (χ3n) is 3.26. The summed E-state index contributed by atoms with van der Waals surface area (Å²) in [4.78, 5) is 0. The van der Waals surface area contributed by atoms with Gasteiger partial charge < -0.3 is 19.5 Å². The van der Waals surface area contributed by atoms with Gasteiger partial charge in [-0.05, 0) is 24.1 Å². The molecular formula is C14H21NO3. The van der Waals surface area contributed by atoms with E-state index in [-0.39, 0.29) is 12.2 Å². The fraction of sp³-hybridized carbons (Fsp3) is 0.571. The summed E-state index contributed by atoms with van der Waals surface area (Å²) in [6.45, 7) is 3.89. The zero-order chi connectivity index (χ0) is 13.0. The van der Waals surface area contributed by atoms with E-state index in [0.29, 0.717) is 0 Å². The molecule has 1 fully saturated rings. The fourth-order valence-electron chi connectivity index (χ4n) is 2.16. The summed E-state index contributed by atoms with van der Waals surface area (Å²) < 4.78 is 16.6. The van der Waals surface area contributed by atoms with E-state index < -0.39 is 0 Å². The largest absolute Gasteiger partial charge is 0.497 e. The number of ether oxygens (including phenoxy) is 3. The highest BCUT2D eigenvalue weighted by Gasteiger charge is 2.23. The van der Waals surface area contributed by atoms with Crippen LogP contribution in [0.4, 0.5) is 0 Å².